The van der Waals surface area contributed by atoms with E-state index < -0.39 is 12.5 Å². The Morgan fingerprint density at radius 2 is 2.22 bits per heavy atom. The van der Waals surface area contributed by atoms with Crippen molar-refractivity contribution >= 4 is 0 Å². The second-order valence-corrected chi connectivity index (χ2v) is 4.10. The second kappa shape index (κ2) is 6.62. The third-order valence-electron chi connectivity index (χ3n) is 2.55. The highest BCUT2D eigenvalue weighted by molar-refractivity contribution is 5.28. The van der Waals surface area contributed by atoms with Crippen LogP contribution in [-0.4, -0.2) is 48.9 Å². The maximum absolute atomic E-state index is 12.9. The molecule has 3 N–H and O–H groups in total. The van der Waals surface area contributed by atoms with E-state index in [1.54, 1.807) is 0 Å². The molecule has 1 atom stereocenters. The van der Waals surface area contributed by atoms with E-state index in [9.17, 15) is 8.78 Å². The number of halogens is 2. The minimum Gasteiger partial charge on any atom is -0.493 e. The van der Waals surface area contributed by atoms with Crippen LogP contribution >= 0.6 is 0 Å². The van der Waals surface area contributed by atoms with Crippen LogP contribution in [0.25, 0.3) is 0 Å². The molecule has 0 aliphatic rings. The van der Waals surface area contributed by atoms with Gasteiger partial charge in [0.15, 0.2) is 5.75 Å². The van der Waals surface area contributed by atoms with Crippen molar-refractivity contribution in [1.29, 1.82) is 0 Å². The molecule has 8 heteroatoms. The van der Waals surface area contributed by atoms with Gasteiger partial charge in [-0.1, -0.05) is 0 Å². The van der Waals surface area contributed by atoms with E-state index in [2.05, 4.69) is 10.5 Å². The van der Waals surface area contributed by atoms with Crippen LogP contribution in [0, 0.1) is 0 Å². The number of hydrazine groups is 1. The quantitative estimate of drug-likeness (QED) is 0.544. The number of nitrogens with zero attached hydrogens (tertiary/aromatic N) is 3. The number of ether oxygens (including phenoxy) is 1. The molecule has 1 aromatic rings. The molecular formula is C10H19F2N5O. The summed E-state index contributed by atoms with van der Waals surface area (Å²) < 4.78 is 32.3. The van der Waals surface area contributed by atoms with Crippen molar-refractivity contribution < 1.29 is 13.5 Å². The molecule has 18 heavy (non-hydrogen) atoms. The summed E-state index contributed by atoms with van der Waals surface area (Å²) in [7, 11) is 5.20. The van der Waals surface area contributed by atoms with Crippen molar-refractivity contribution in [2.45, 2.75) is 19.0 Å². The number of hydrogen-bond acceptors (Lipinski definition) is 5. The SMILES string of the molecule is COc1cnn(CCN(C)C)c1C(NN)C(F)F. The summed E-state index contributed by atoms with van der Waals surface area (Å²) in [5.74, 6) is 5.48. The van der Waals surface area contributed by atoms with Crippen LogP contribution in [0.2, 0.25) is 0 Å². The van der Waals surface area contributed by atoms with Gasteiger partial charge in [-0.05, 0) is 14.1 Å². The Morgan fingerprint density at radius 3 is 2.67 bits per heavy atom. The van der Waals surface area contributed by atoms with E-state index >= 15 is 0 Å². The molecule has 0 aliphatic carbocycles. The van der Waals surface area contributed by atoms with Gasteiger partial charge in [-0.25, -0.2) is 14.2 Å². The fourth-order valence-corrected chi connectivity index (χ4v) is 1.59. The van der Waals surface area contributed by atoms with E-state index in [-0.39, 0.29) is 5.69 Å². The Morgan fingerprint density at radius 1 is 1.56 bits per heavy atom. The van der Waals surface area contributed by atoms with Gasteiger partial charge in [0.1, 0.15) is 11.7 Å². The summed E-state index contributed by atoms with van der Waals surface area (Å²) >= 11 is 0. The smallest absolute Gasteiger partial charge is 0.260 e. The van der Waals surface area contributed by atoms with Gasteiger partial charge in [0.2, 0.25) is 0 Å². The van der Waals surface area contributed by atoms with Crippen LogP contribution in [0.5, 0.6) is 5.75 Å². The zero-order valence-electron chi connectivity index (χ0n) is 10.7. The molecule has 0 aromatic carbocycles. The molecule has 0 fully saturated rings. The number of nitrogens with two attached hydrogens (primary N) is 1. The van der Waals surface area contributed by atoms with Gasteiger partial charge in [-0.15, -0.1) is 0 Å². The fourth-order valence-electron chi connectivity index (χ4n) is 1.59. The Kier molecular flexibility index (Phi) is 5.45. The molecule has 0 radical (unpaired) electrons. The van der Waals surface area contributed by atoms with Crippen LogP contribution in [0.3, 0.4) is 0 Å². The summed E-state index contributed by atoms with van der Waals surface area (Å²) in [5.41, 5.74) is 2.36. The first kappa shape index (κ1) is 14.8. The number of aromatic nitrogens is 2. The Balaban J connectivity index is 3.00. The van der Waals surface area contributed by atoms with Crippen molar-refractivity contribution in [2.75, 3.05) is 27.7 Å². The second-order valence-electron chi connectivity index (χ2n) is 4.10. The Bertz CT molecular complexity index is 369. The molecule has 104 valence electrons. The monoisotopic (exact) mass is 263 g/mol. The first-order valence-electron chi connectivity index (χ1n) is 5.50. The average Bonchev–Trinajstić information content (AvgIpc) is 2.70. The highest BCUT2D eigenvalue weighted by Gasteiger charge is 2.28. The van der Waals surface area contributed by atoms with Gasteiger partial charge >= 0.3 is 0 Å². The summed E-state index contributed by atoms with van der Waals surface area (Å²) in [5, 5.41) is 4.05. The minimum absolute atomic E-state index is 0.261. The lowest BCUT2D eigenvalue weighted by atomic mass is 10.2. The maximum atomic E-state index is 12.9. The minimum atomic E-state index is -2.64. The lowest BCUT2D eigenvalue weighted by Crippen LogP contribution is -2.35. The van der Waals surface area contributed by atoms with E-state index in [1.165, 1.54) is 18.0 Å². The fraction of sp³-hybridized carbons (Fsp3) is 0.700. The first-order chi connectivity index (χ1) is 8.51. The first-order valence-corrected chi connectivity index (χ1v) is 5.50. The van der Waals surface area contributed by atoms with Crippen molar-refractivity contribution in [3.05, 3.63) is 11.9 Å². The third kappa shape index (κ3) is 3.37. The van der Waals surface area contributed by atoms with Gasteiger partial charge in [0.25, 0.3) is 6.43 Å². The zero-order chi connectivity index (χ0) is 13.7. The average molecular weight is 263 g/mol. The van der Waals surface area contributed by atoms with E-state index in [0.717, 1.165) is 0 Å². The molecule has 0 amide bonds. The summed E-state index contributed by atoms with van der Waals surface area (Å²) in [6.07, 6.45) is -1.23. The van der Waals surface area contributed by atoms with Gasteiger partial charge in [0.05, 0.1) is 19.9 Å². The van der Waals surface area contributed by atoms with Crippen LogP contribution in [0.15, 0.2) is 6.20 Å². The number of nitrogens with one attached hydrogen (secondary N) is 1. The maximum Gasteiger partial charge on any atom is 0.260 e. The van der Waals surface area contributed by atoms with Crippen molar-refractivity contribution in [3.8, 4) is 5.75 Å². The molecule has 0 saturated carbocycles. The van der Waals surface area contributed by atoms with Crippen molar-refractivity contribution in [2.24, 2.45) is 5.84 Å². The topological polar surface area (TPSA) is 68.3 Å². The molecular weight excluding hydrogens is 244 g/mol. The Labute approximate surface area is 105 Å². The summed E-state index contributed by atoms with van der Waals surface area (Å²) in [6.45, 7) is 1.16. The molecule has 1 aromatic heterocycles. The summed E-state index contributed by atoms with van der Waals surface area (Å²) in [6, 6.07) is -1.30. The predicted molar refractivity (Wildman–Crippen MR) is 63.4 cm³/mol. The molecule has 0 saturated heterocycles. The lowest BCUT2D eigenvalue weighted by Gasteiger charge is -2.19. The molecule has 0 aliphatic heterocycles. The number of rotatable bonds is 7. The highest BCUT2D eigenvalue weighted by atomic mass is 19.3. The van der Waals surface area contributed by atoms with Gasteiger partial charge < -0.3 is 9.64 Å². The van der Waals surface area contributed by atoms with Crippen LogP contribution in [0.1, 0.15) is 11.7 Å². The van der Waals surface area contributed by atoms with Crippen LogP contribution in [0.4, 0.5) is 8.78 Å². The van der Waals surface area contributed by atoms with E-state index in [1.807, 2.05) is 19.0 Å². The van der Waals surface area contributed by atoms with Crippen molar-refractivity contribution in [1.82, 2.24) is 20.1 Å². The number of hydrogen-bond donors (Lipinski definition) is 2. The molecule has 0 bridgehead atoms. The van der Waals surface area contributed by atoms with Crippen molar-refractivity contribution in [3.63, 3.8) is 0 Å². The molecule has 6 nitrogen and oxygen atoms in total. The Hall–Kier alpha value is -1.25. The van der Waals surface area contributed by atoms with Gasteiger partial charge in [-0.2, -0.15) is 5.10 Å². The highest BCUT2D eigenvalue weighted by Crippen LogP contribution is 2.28. The molecule has 1 unspecified atom stereocenters. The van der Waals surface area contributed by atoms with Crippen LogP contribution in [-0.2, 0) is 6.54 Å². The molecule has 1 rings (SSSR count). The molecule has 0 spiro atoms. The van der Waals surface area contributed by atoms with E-state index in [4.69, 9.17) is 10.6 Å². The summed E-state index contributed by atoms with van der Waals surface area (Å²) in [4.78, 5) is 1.94. The molecule has 1 heterocycles. The standard InChI is InChI=1S/C10H19F2N5O/c1-16(2)4-5-17-9(7(18-3)6-14-17)8(15-13)10(11)12/h6,8,10,15H,4-5,13H2,1-3H3. The van der Waals surface area contributed by atoms with Gasteiger partial charge in [-0.3, -0.25) is 10.5 Å². The van der Waals surface area contributed by atoms with E-state index in [0.29, 0.717) is 18.8 Å². The zero-order valence-corrected chi connectivity index (χ0v) is 10.7. The largest absolute Gasteiger partial charge is 0.493 e. The number of alkyl halides is 2. The predicted octanol–water partition coefficient (Wildman–Crippen LogP) is 0.223. The van der Waals surface area contributed by atoms with Gasteiger partial charge in [0, 0.05) is 6.54 Å². The van der Waals surface area contributed by atoms with Crippen LogP contribution < -0.4 is 16.0 Å². The normalized spacial score (nSPS) is 13.3. The lowest BCUT2D eigenvalue weighted by molar-refractivity contribution is 0.0926. The number of methoxy groups -OCH3 is 1. The number of likely N-dealkylation sites (N-methyl/N-ethyl adjacent to an activating group) is 1. The third-order valence-corrected chi connectivity index (χ3v) is 2.55.